The molecule has 5 nitrogen and oxygen atoms in total. The minimum absolute atomic E-state index is 0.0967. The highest BCUT2D eigenvalue weighted by Crippen LogP contribution is 2.46. The van der Waals surface area contributed by atoms with Gasteiger partial charge in [0.05, 0.1) is 12.5 Å². The van der Waals surface area contributed by atoms with Crippen LogP contribution in [0.3, 0.4) is 0 Å². The minimum Gasteiger partial charge on any atom is -0.203 e. The molecule has 88 valence electrons. The lowest BCUT2D eigenvalue weighted by Crippen LogP contribution is -2.47. The number of nitriles is 1. The highest BCUT2D eigenvalue weighted by molar-refractivity contribution is 7.62. The van der Waals surface area contributed by atoms with E-state index in [1.165, 1.54) is 0 Å². The Morgan fingerprint density at radius 2 is 1.73 bits per heavy atom. The molecule has 6 heteroatoms. The Balaban J connectivity index is 4.33. The fraction of sp³-hybridized carbons (Fsp3) is 0.889. The molecule has 0 atom stereocenters. The molecule has 0 aromatic heterocycles. The molecule has 15 heavy (non-hydrogen) atoms. The largest absolute Gasteiger partial charge is 0.355 e. The first-order valence-electron chi connectivity index (χ1n) is 5.07. The van der Waals surface area contributed by atoms with Crippen LogP contribution in [0.2, 0.25) is 0 Å². The summed E-state index contributed by atoms with van der Waals surface area (Å²) >= 11 is 0. The molecule has 0 heterocycles. The van der Waals surface area contributed by atoms with Gasteiger partial charge in [0.1, 0.15) is 6.16 Å². The molecule has 0 aliphatic rings. The predicted octanol–water partition coefficient (Wildman–Crippen LogP) is 1.27. The average Bonchev–Trinajstić information content (AvgIpc) is 2.10. The van der Waals surface area contributed by atoms with Gasteiger partial charge in [0, 0.05) is 12.1 Å². The first-order valence-corrected chi connectivity index (χ1v) is 6.95. The predicted molar refractivity (Wildman–Crippen MR) is 61.7 cm³/mol. The smallest absolute Gasteiger partial charge is 0.203 e. The zero-order valence-electron chi connectivity index (χ0n) is 9.80. The first kappa shape index (κ1) is 14.8. The first-order chi connectivity index (χ1) is 6.80. The number of nitrogens with zero attached hydrogens (tertiary/aromatic N) is 2. The third kappa shape index (κ3) is 6.03. The fourth-order valence-corrected chi connectivity index (χ4v) is 2.61. The Labute approximate surface area is 92.2 Å². The molecule has 0 saturated carbocycles. The SMILES string of the molecule is CC(C)N(N[P+](O)(O)CCC#N)C(C)C. The van der Waals surface area contributed by atoms with Gasteiger partial charge >= 0.3 is 7.87 Å². The molecule has 0 aromatic rings. The quantitative estimate of drug-likeness (QED) is 0.476. The molecule has 0 bridgehead atoms. The highest BCUT2D eigenvalue weighted by Gasteiger charge is 2.36. The maximum absolute atomic E-state index is 9.68. The van der Waals surface area contributed by atoms with Crippen molar-refractivity contribution in [2.75, 3.05) is 6.16 Å². The van der Waals surface area contributed by atoms with Gasteiger partial charge in [0.15, 0.2) is 0 Å². The molecule has 3 N–H and O–H groups in total. The molecule has 0 aliphatic heterocycles. The Hall–Kier alpha value is -0.240. The molecule has 0 radical (unpaired) electrons. The fourth-order valence-electron chi connectivity index (χ4n) is 1.27. The van der Waals surface area contributed by atoms with Gasteiger partial charge in [-0.2, -0.15) is 5.26 Å². The van der Waals surface area contributed by atoms with Crippen LogP contribution in [0.25, 0.3) is 0 Å². The van der Waals surface area contributed by atoms with Gasteiger partial charge in [-0.1, -0.05) is 5.20 Å². The summed E-state index contributed by atoms with van der Waals surface area (Å²) in [5, 5.41) is 12.9. The summed E-state index contributed by atoms with van der Waals surface area (Å²) in [5.41, 5.74) is 0. The summed E-state index contributed by atoms with van der Waals surface area (Å²) < 4.78 is 0. The second kappa shape index (κ2) is 6.37. The molecule has 0 fully saturated rings. The van der Waals surface area contributed by atoms with E-state index >= 15 is 0 Å². The van der Waals surface area contributed by atoms with E-state index in [0.29, 0.717) is 0 Å². The molecule has 0 saturated heterocycles. The number of nitrogens with one attached hydrogen (secondary N) is 1. The summed E-state index contributed by atoms with van der Waals surface area (Å²) in [6, 6.07) is 2.25. The third-order valence-electron chi connectivity index (χ3n) is 1.92. The summed E-state index contributed by atoms with van der Waals surface area (Å²) in [5.74, 6) is 0. The lowest BCUT2D eigenvalue weighted by Gasteiger charge is -2.30. The van der Waals surface area contributed by atoms with Crippen molar-refractivity contribution in [3.8, 4) is 6.07 Å². The maximum Gasteiger partial charge on any atom is 0.355 e. The van der Waals surface area contributed by atoms with Crippen molar-refractivity contribution in [1.82, 2.24) is 10.2 Å². The normalized spacial score (nSPS) is 12.5. The van der Waals surface area contributed by atoms with Gasteiger partial charge in [-0.15, -0.1) is 0 Å². The summed E-state index contributed by atoms with van der Waals surface area (Å²) in [6.45, 7) is 7.88. The summed E-state index contributed by atoms with van der Waals surface area (Å²) in [7, 11) is -3.17. The minimum atomic E-state index is -3.17. The van der Waals surface area contributed by atoms with Crippen LogP contribution in [0, 0.1) is 11.3 Å². The zero-order chi connectivity index (χ0) is 12.1. The van der Waals surface area contributed by atoms with E-state index in [4.69, 9.17) is 5.26 Å². The molecular weight excluding hydrogens is 213 g/mol. The molecule has 0 spiro atoms. The Morgan fingerprint density at radius 1 is 1.27 bits per heavy atom. The van der Waals surface area contributed by atoms with Crippen molar-refractivity contribution >= 4 is 7.87 Å². The van der Waals surface area contributed by atoms with Gasteiger partial charge in [-0.25, -0.2) is 14.8 Å². The van der Waals surface area contributed by atoms with E-state index in [-0.39, 0.29) is 24.7 Å². The third-order valence-corrected chi connectivity index (χ3v) is 3.32. The van der Waals surface area contributed by atoms with Crippen molar-refractivity contribution in [3.63, 3.8) is 0 Å². The van der Waals surface area contributed by atoms with Crippen LogP contribution in [-0.4, -0.2) is 33.0 Å². The lowest BCUT2D eigenvalue weighted by molar-refractivity contribution is 0.131. The van der Waals surface area contributed by atoms with E-state index in [2.05, 4.69) is 5.20 Å². The summed E-state index contributed by atoms with van der Waals surface area (Å²) in [4.78, 5) is 19.4. The maximum atomic E-state index is 9.68. The van der Waals surface area contributed by atoms with Crippen LogP contribution in [-0.2, 0) is 0 Å². The standard InChI is InChI=1S/C9H21N3O2P/c1-8(2)12(9(3)4)11-15(13,14)7-5-6-10/h8-9,11,13-14H,5,7H2,1-4H3/q+1. The van der Waals surface area contributed by atoms with Crippen LogP contribution in [0.4, 0.5) is 0 Å². The molecule has 0 rings (SSSR count). The molecule has 0 aliphatic carbocycles. The van der Waals surface area contributed by atoms with Crippen LogP contribution >= 0.6 is 7.87 Å². The second-order valence-corrected chi connectivity index (χ2v) is 6.16. The van der Waals surface area contributed by atoms with Crippen molar-refractivity contribution in [3.05, 3.63) is 0 Å². The number of hydrazine groups is 1. The summed E-state index contributed by atoms with van der Waals surface area (Å²) in [6.07, 6.45) is 0.247. The average molecular weight is 234 g/mol. The molecular formula is C9H21N3O2P+. The van der Waals surface area contributed by atoms with Crippen molar-refractivity contribution < 1.29 is 9.79 Å². The van der Waals surface area contributed by atoms with E-state index < -0.39 is 7.87 Å². The number of hydrogen-bond acceptors (Lipinski definition) is 5. The van der Waals surface area contributed by atoms with Crippen molar-refractivity contribution in [1.29, 1.82) is 5.26 Å². The van der Waals surface area contributed by atoms with E-state index in [9.17, 15) is 9.79 Å². The van der Waals surface area contributed by atoms with Crippen LogP contribution in [0.1, 0.15) is 34.1 Å². The van der Waals surface area contributed by atoms with E-state index in [1.807, 2.05) is 33.8 Å². The Kier molecular flexibility index (Phi) is 6.26. The van der Waals surface area contributed by atoms with E-state index in [1.54, 1.807) is 5.01 Å². The molecule has 0 unspecified atom stereocenters. The number of rotatable bonds is 6. The Bertz CT molecular complexity index is 218. The highest BCUT2D eigenvalue weighted by atomic mass is 31.2. The Morgan fingerprint density at radius 3 is 2.07 bits per heavy atom. The second-order valence-electron chi connectivity index (χ2n) is 4.06. The topological polar surface area (TPSA) is 79.5 Å². The van der Waals surface area contributed by atoms with Gasteiger partial charge < -0.3 is 0 Å². The molecule has 0 aromatic carbocycles. The van der Waals surface area contributed by atoms with Gasteiger partial charge in [0.2, 0.25) is 0 Å². The van der Waals surface area contributed by atoms with Crippen LogP contribution in [0.15, 0.2) is 0 Å². The van der Waals surface area contributed by atoms with Crippen molar-refractivity contribution in [2.24, 2.45) is 0 Å². The lowest BCUT2D eigenvalue weighted by atomic mass is 10.3. The zero-order valence-corrected chi connectivity index (χ0v) is 10.7. The van der Waals surface area contributed by atoms with Gasteiger partial charge in [-0.05, 0) is 27.7 Å². The van der Waals surface area contributed by atoms with Gasteiger partial charge in [0.25, 0.3) is 0 Å². The van der Waals surface area contributed by atoms with Crippen molar-refractivity contribution in [2.45, 2.75) is 46.2 Å². The monoisotopic (exact) mass is 234 g/mol. The van der Waals surface area contributed by atoms with Crippen LogP contribution < -0.4 is 5.20 Å². The van der Waals surface area contributed by atoms with Gasteiger partial charge in [-0.3, -0.25) is 0 Å². The van der Waals surface area contributed by atoms with Crippen LogP contribution in [0.5, 0.6) is 0 Å². The van der Waals surface area contributed by atoms with E-state index in [0.717, 1.165) is 0 Å². The molecule has 0 amide bonds. The number of hydrogen-bond donors (Lipinski definition) is 3.